The first-order chi connectivity index (χ1) is 8.36. The highest BCUT2D eigenvalue weighted by Gasteiger charge is 2.37. The number of rotatable bonds is 2. The first-order valence-electron chi connectivity index (χ1n) is 6.81. The molecule has 0 bridgehead atoms. The third kappa shape index (κ3) is 2.03. The van der Waals surface area contributed by atoms with E-state index in [-0.39, 0.29) is 12.1 Å². The Morgan fingerprint density at radius 2 is 1.94 bits per heavy atom. The van der Waals surface area contributed by atoms with Gasteiger partial charge in [-0.25, -0.2) is 0 Å². The summed E-state index contributed by atoms with van der Waals surface area (Å²) in [6.07, 6.45) is 8.15. The summed E-state index contributed by atoms with van der Waals surface area (Å²) in [6, 6.07) is 0.508. The monoisotopic (exact) mass is 236 g/mol. The van der Waals surface area contributed by atoms with E-state index in [1.54, 1.807) is 0 Å². The van der Waals surface area contributed by atoms with Crippen LogP contribution in [0.1, 0.15) is 44.9 Å². The van der Waals surface area contributed by atoms with Crippen molar-refractivity contribution in [2.75, 3.05) is 13.1 Å². The Morgan fingerprint density at radius 1 is 1.12 bits per heavy atom. The predicted octanol–water partition coefficient (Wildman–Crippen LogP) is 1.95. The first-order valence-corrected chi connectivity index (χ1v) is 6.81. The van der Waals surface area contributed by atoms with Crippen molar-refractivity contribution in [2.45, 2.75) is 57.2 Å². The van der Waals surface area contributed by atoms with E-state index < -0.39 is 0 Å². The molecule has 1 unspecified atom stereocenters. The lowest BCUT2D eigenvalue weighted by Gasteiger charge is -2.37. The fourth-order valence-corrected chi connectivity index (χ4v) is 3.21. The minimum Gasteiger partial charge on any atom is -0.319 e. The van der Waals surface area contributed by atoms with E-state index in [0.717, 1.165) is 13.0 Å². The Kier molecular flexibility index (Phi) is 2.99. The highest BCUT2D eigenvalue weighted by Crippen LogP contribution is 2.29. The largest absolute Gasteiger partial charge is 0.319 e. The van der Waals surface area contributed by atoms with E-state index in [1.165, 1.54) is 32.1 Å². The number of carbonyl (C=O) groups is 1. The first kappa shape index (κ1) is 11.0. The quantitative estimate of drug-likeness (QED) is 0.735. The zero-order valence-corrected chi connectivity index (χ0v) is 10.2. The van der Waals surface area contributed by atoms with Crippen molar-refractivity contribution in [3.8, 4) is 0 Å². The fourth-order valence-electron chi connectivity index (χ4n) is 3.21. The van der Waals surface area contributed by atoms with Crippen LogP contribution in [-0.2, 0) is 4.79 Å². The smallest absolute Gasteiger partial charge is 0.224 e. The van der Waals surface area contributed by atoms with Crippen LogP contribution < -0.4 is 0 Å². The van der Waals surface area contributed by atoms with Crippen molar-refractivity contribution in [3.63, 3.8) is 0 Å². The Hall–Kier alpha value is -1.13. The number of likely N-dealkylation sites (tertiary alicyclic amines) is 1. The molecule has 0 N–H and O–H groups in total. The Balaban J connectivity index is 1.69. The molecule has 2 heterocycles. The van der Waals surface area contributed by atoms with Crippen LogP contribution in [0.5, 0.6) is 0 Å². The number of carbonyl (C=O) groups excluding carboxylic acids is 1. The second-order valence-corrected chi connectivity index (χ2v) is 5.26. The SMILES string of the molecule is O=C1CCCN1C1CN=NN1C1CCCCC1. The average Bonchev–Trinajstić information content (AvgIpc) is 2.98. The van der Waals surface area contributed by atoms with E-state index in [0.29, 0.717) is 19.0 Å². The summed E-state index contributed by atoms with van der Waals surface area (Å²) >= 11 is 0. The predicted molar refractivity (Wildman–Crippen MR) is 63.2 cm³/mol. The lowest BCUT2D eigenvalue weighted by atomic mass is 9.95. The summed E-state index contributed by atoms with van der Waals surface area (Å²) in [7, 11) is 0. The summed E-state index contributed by atoms with van der Waals surface area (Å²) in [5, 5.41) is 10.6. The van der Waals surface area contributed by atoms with E-state index in [9.17, 15) is 4.79 Å². The van der Waals surface area contributed by atoms with Crippen LogP contribution >= 0.6 is 0 Å². The highest BCUT2D eigenvalue weighted by atomic mass is 16.2. The molecule has 0 radical (unpaired) electrons. The minimum atomic E-state index is 0.119. The number of nitrogens with zero attached hydrogens (tertiary/aromatic N) is 4. The van der Waals surface area contributed by atoms with Crippen molar-refractivity contribution in [1.29, 1.82) is 0 Å². The zero-order chi connectivity index (χ0) is 11.7. The van der Waals surface area contributed by atoms with Crippen LogP contribution in [0.15, 0.2) is 10.3 Å². The van der Waals surface area contributed by atoms with E-state index >= 15 is 0 Å². The molecule has 0 aromatic heterocycles. The summed E-state index contributed by atoms with van der Waals surface area (Å²) < 4.78 is 0. The van der Waals surface area contributed by atoms with Gasteiger partial charge >= 0.3 is 0 Å². The number of hydrogen-bond donors (Lipinski definition) is 0. The molecular weight excluding hydrogens is 216 g/mol. The molecule has 94 valence electrons. The number of hydrogen-bond acceptors (Lipinski definition) is 4. The van der Waals surface area contributed by atoms with Gasteiger partial charge in [-0.3, -0.25) is 9.80 Å². The van der Waals surface area contributed by atoms with Gasteiger partial charge in [0.2, 0.25) is 5.91 Å². The van der Waals surface area contributed by atoms with E-state index in [4.69, 9.17) is 0 Å². The maximum absolute atomic E-state index is 11.8. The summed E-state index contributed by atoms with van der Waals surface area (Å²) in [6.45, 7) is 1.56. The Bertz CT molecular complexity index is 324. The van der Waals surface area contributed by atoms with Gasteiger partial charge < -0.3 is 4.90 Å². The van der Waals surface area contributed by atoms with E-state index in [2.05, 4.69) is 15.3 Å². The third-order valence-corrected chi connectivity index (χ3v) is 4.14. The van der Waals surface area contributed by atoms with Crippen molar-refractivity contribution in [3.05, 3.63) is 0 Å². The van der Waals surface area contributed by atoms with Gasteiger partial charge in [0.15, 0.2) is 0 Å². The molecule has 2 fully saturated rings. The fraction of sp³-hybridized carbons (Fsp3) is 0.917. The molecule has 1 saturated heterocycles. The van der Waals surface area contributed by atoms with Crippen molar-refractivity contribution >= 4 is 5.91 Å². The summed E-state index contributed by atoms with van der Waals surface area (Å²) in [5.41, 5.74) is 0. The lowest BCUT2D eigenvalue weighted by molar-refractivity contribution is -0.133. The lowest BCUT2D eigenvalue weighted by Crippen LogP contribution is -2.50. The Morgan fingerprint density at radius 3 is 2.65 bits per heavy atom. The van der Waals surface area contributed by atoms with Crippen LogP contribution in [0.2, 0.25) is 0 Å². The molecule has 5 heteroatoms. The van der Waals surface area contributed by atoms with Crippen molar-refractivity contribution < 1.29 is 4.79 Å². The molecule has 0 spiro atoms. The molecule has 0 aromatic carbocycles. The van der Waals surface area contributed by atoms with Gasteiger partial charge in [0, 0.05) is 13.0 Å². The van der Waals surface area contributed by atoms with Gasteiger partial charge in [-0.15, -0.1) is 0 Å². The van der Waals surface area contributed by atoms with Crippen LogP contribution in [0.25, 0.3) is 0 Å². The van der Waals surface area contributed by atoms with Gasteiger partial charge in [0.1, 0.15) is 12.7 Å². The van der Waals surface area contributed by atoms with Crippen molar-refractivity contribution in [1.82, 2.24) is 9.91 Å². The third-order valence-electron chi connectivity index (χ3n) is 4.14. The maximum Gasteiger partial charge on any atom is 0.224 e. The standard InChI is InChI=1S/C12H20N4O/c17-12-7-4-8-15(12)11-9-13-14-16(11)10-5-2-1-3-6-10/h10-11H,1-9H2. The summed E-state index contributed by atoms with van der Waals surface area (Å²) in [5.74, 6) is 0.281. The van der Waals surface area contributed by atoms with Crippen LogP contribution in [0.3, 0.4) is 0 Å². The highest BCUT2D eigenvalue weighted by molar-refractivity contribution is 5.78. The average molecular weight is 236 g/mol. The molecule has 0 aromatic rings. The summed E-state index contributed by atoms with van der Waals surface area (Å²) in [4.78, 5) is 13.8. The molecule has 17 heavy (non-hydrogen) atoms. The van der Waals surface area contributed by atoms with Gasteiger partial charge in [-0.05, 0) is 19.3 Å². The molecule has 5 nitrogen and oxygen atoms in total. The molecule has 1 atom stereocenters. The molecular formula is C12H20N4O. The molecule has 1 amide bonds. The van der Waals surface area contributed by atoms with E-state index in [1.807, 2.05) is 4.90 Å². The maximum atomic E-state index is 11.8. The Labute approximate surface area is 102 Å². The number of amides is 1. The van der Waals surface area contributed by atoms with Gasteiger partial charge in [-0.2, -0.15) is 5.11 Å². The van der Waals surface area contributed by atoms with Gasteiger partial charge in [0.25, 0.3) is 0 Å². The molecule has 1 aliphatic carbocycles. The second-order valence-electron chi connectivity index (χ2n) is 5.26. The van der Waals surface area contributed by atoms with Gasteiger partial charge in [0.05, 0.1) is 6.04 Å². The van der Waals surface area contributed by atoms with Crippen LogP contribution in [0, 0.1) is 0 Å². The topological polar surface area (TPSA) is 48.3 Å². The molecule has 1 saturated carbocycles. The molecule has 3 aliphatic rings. The van der Waals surface area contributed by atoms with Crippen molar-refractivity contribution in [2.24, 2.45) is 10.3 Å². The zero-order valence-electron chi connectivity index (χ0n) is 10.2. The second kappa shape index (κ2) is 4.63. The molecule has 3 rings (SSSR count). The van der Waals surface area contributed by atoms with Crippen LogP contribution in [0.4, 0.5) is 0 Å². The normalized spacial score (nSPS) is 30.6. The van der Waals surface area contributed by atoms with Crippen LogP contribution in [-0.4, -0.2) is 41.1 Å². The molecule has 2 aliphatic heterocycles. The van der Waals surface area contributed by atoms with Gasteiger partial charge in [-0.1, -0.05) is 24.5 Å². The minimum absolute atomic E-state index is 0.119.